The van der Waals surface area contributed by atoms with Gasteiger partial charge in [0, 0.05) is 51.6 Å². The molecular weight excluding hydrogens is 280 g/mol. The fraction of sp³-hybridized carbons (Fsp3) is 0.688. The summed E-state index contributed by atoms with van der Waals surface area (Å²) in [6, 6.07) is 0.446. The second-order valence-corrected chi connectivity index (χ2v) is 6.28. The van der Waals surface area contributed by atoms with Crippen molar-refractivity contribution in [2.24, 2.45) is 11.8 Å². The molecule has 1 amide bonds. The van der Waals surface area contributed by atoms with E-state index in [1.165, 1.54) is 12.8 Å². The van der Waals surface area contributed by atoms with Crippen molar-refractivity contribution in [1.29, 1.82) is 0 Å². The van der Waals surface area contributed by atoms with Gasteiger partial charge in [-0.25, -0.2) is 4.98 Å². The molecule has 120 valence electrons. The number of likely N-dealkylation sites (tertiary alicyclic amines) is 1. The van der Waals surface area contributed by atoms with Gasteiger partial charge in [0.15, 0.2) is 0 Å². The van der Waals surface area contributed by atoms with Gasteiger partial charge in [0.05, 0.1) is 19.2 Å². The van der Waals surface area contributed by atoms with Crippen molar-refractivity contribution >= 4 is 11.7 Å². The van der Waals surface area contributed by atoms with Gasteiger partial charge in [0.2, 0.25) is 5.91 Å². The van der Waals surface area contributed by atoms with Crippen LogP contribution in [0.4, 0.5) is 5.82 Å². The molecule has 0 aromatic carbocycles. The van der Waals surface area contributed by atoms with Crippen LogP contribution in [-0.2, 0) is 9.53 Å². The zero-order chi connectivity index (χ0) is 15.5. The minimum absolute atomic E-state index is 0.220. The molecule has 6 heteroatoms. The van der Waals surface area contributed by atoms with E-state index in [2.05, 4.69) is 21.9 Å². The third kappa shape index (κ3) is 2.92. The lowest BCUT2D eigenvalue weighted by molar-refractivity contribution is -0.131. The monoisotopic (exact) mass is 304 g/mol. The molecule has 2 aliphatic rings. The molecule has 2 heterocycles. The third-order valence-electron chi connectivity index (χ3n) is 5.10. The Hall–Kier alpha value is -1.69. The van der Waals surface area contributed by atoms with Crippen molar-refractivity contribution in [3.8, 4) is 0 Å². The summed E-state index contributed by atoms with van der Waals surface area (Å²) in [7, 11) is 3.73. The standard InChI is InChI=1S/C16H24N4O2/c1-19(15-9-17-6-7-18-15)14-4-3-12-10-20(11-13(12)14)16(21)5-8-22-2/h6-7,9,12-14H,3-5,8,10-11H2,1-2H3/t12-,13+,14+/m1/s1. The van der Waals surface area contributed by atoms with Crippen LogP contribution in [0.1, 0.15) is 19.3 Å². The lowest BCUT2D eigenvalue weighted by Crippen LogP contribution is -2.39. The molecule has 3 atom stereocenters. The predicted octanol–water partition coefficient (Wildman–Crippen LogP) is 1.19. The Morgan fingerprint density at radius 1 is 1.41 bits per heavy atom. The van der Waals surface area contributed by atoms with Crippen LogP contribution in [0.25, 0.3) is 0 Å². The molecule has 1 aromatic heterocycles. The molecule has 0 spiro atoms. The first-order chi connectivity index (χ1) is 10.7. The normalized spacial score (nSPS) is 27.0. The summed E-state index contributed by atoms with van der Waals surface area (Å²) in [5.41, 5.74) is 0. The number of nitrogens with zero attached hydrogens (tertiary/aromatic N) is 4. The molecule has 22 heavy (non-hydrogen) atoms. The van der Waals surface area contributed by atoms with E-state index in [0.29, 0.717) is 30.9 Å². The molecular formula is C16H24N4O2. The quantitative estimate of drug-likeness (QED) is 0.818. The van der Waals surface area contributed by atoms with Gasteiger partial charge in [-0.1, -0.05) is 0 Å². The molecule has 1 saturated heterocycles. The van der Waals surface area contributed by atoms with Gasteiger partial charge in [-0.3, -0.25) is 9.78 Å². The second-order valence-electron chi connectivity index (χ2n) is 6.28. The van der Waals surface area contributed by atoms with E-state index in [1.807, 2.05) is 11.1 Å². The molecule has 2 fully saturated rings. The highest BCUT2D eigenvalue weighted by Crippen LogP contribution is 2.41. The van der Waals surface area contributed by atoms with E-state index in [9.17, 15) is 4.79 Å². The molecule has 0 N–H and O–H groups in total. The van der Waals surface area contributed by atoms with Gasteiger partial charge in [-0.15, -0.1) is 0 Å². The van der Waals surface area contributed by atoms with E-state index in [1.54, 1.807) is 19.5 Å². The number of aromatic nitrogens is 2. The van der Waals surface area contributed by atoms with Gasteiger partial charge < -0.3 is 14.5 Å². The van der Waals surface area contributed by atoms with Gasteiger partial charge in [-0.2, -0.15) is 0 Å². The Labute approximate surface area is 131 Å². The van der Waals surface area contributed by atoms with Gasteiger partial charge in [0.25, 0.3) is 0 Å². The number of carbonyl (C=O) groups excluding carboxylic acids is 1. The summed E-state index contributed by atoms with van der Waals surface area (Å²) in [4.78, 5) is 25.0. The second kappa shape index (κ2) is 6.60. The van der Waals surface area contributed by atoms with Gasteiger partial charge in [-0.05, 0) is 18.8 Å². The van der Waals surface area contributed by atoms with Gasteiger partial charge >= 0.3 is 0 Å². The van der Waals surface area contributed by atoms with E-state index >= 15 is 0 Å². The van der Waals surface area contributed by atoms with E-state index in [-0.39, 0.29) is 5.91 Å². The molecule has 0 bridgehead atoms. The average molecular weight is 304 g/mol. The number of rotatable bonds is 5. The van der Waals surface area contributed by atoms with E-state index in [4.69, 9.17) is 4.74 Å². The molecule has 3 rings (SSSR count). The fourth-order valence-corrected chi connectivity index (χ4v) is 3.91. The maximum Gasteiger partial charge on any atom is 0.224 e. The van der Waals surface area contributed by atoms with Crippen LogP contribution >= 0.6 is 0 Å². The zero-order valence-corrected chi connectivity index (χ0v) is 13.3. The lowest BCUT2D eigenvalue weighted by Gasteiger charge is -2.30. The topological polar surface area (TPSA) is 58.6 Å². The largest absolute Gasteiger partial charge is 0.384 e. The number of anilines is 1. The maximum absolute atomic E-state index is 12.2. The Morgan fingerprint density at radius 3 is 3.00 bits per heavy atom. The first kappa shape index (κ1) is 15.2. The molecule has 0 unspecified atom stereocenters. The highest BCUT2D eigenvalue weighted by atomic mass is 16.5. The summed E-state index contributed by atoms with van der Waals surface area (Å²) in [5, 5.41) is 0. The molecule has 1 aromatic rings. The summed E-state index contributed by atoms with van der Waals surface area (Å²) in [6.45, 7) is 2.27. The third-order valence-corrected chi connectivity index (χ3v) is 5.10. The fourth-order valence-electron chi connectivity index (χ4n) is 3.91. The number of amides is 1. The zero-order valence-electron chi connectivity index (χ0n) is 13.3. The number of hydrogen-bond acceptors (Lipinski definition) is 5. The smallest absolute Gasteiger partial charge is 0.224 e. The van der Waals surface area contributed by atoms with Crippen LogP contribution in [0.3, 0.4) is 0 Å². The summed E-state index contributed by atoms with van der Waals surface area (Å²) in [6.07, 6.45) is 8.08. The first-order valence-electron chi connectivity index (χ1n) is 7.96. The minimum Gasteiger partial charge on any atom is -0.384 e. The molecule has 1 saturated carbocycles. The summed E-state index contributed by atoms with van der Waals surface area (Å²) in [5.74, 6) is 2.29. The molecule has 6 nitrogen and oxygen atoms in total. The van der Waals surface area contributed by atoms with Crippen molar-refractivity contribution in [3.05, 3.63) is 18.6 Å². The highest BCUT2D eigenvalue weighted by molar-refractivity contribution is 5.76. The van der Waals surface area contributed by atoms with Crippen LogP contribution in [0.15, 0.2) is 18.6 Å². The highest BCUT2D eigenvalue weighted by Gasteiger charge is 2.45. The van der Waals surface area contributed by atoms with Crippen LogP contribution in [0.5, 0.6) is 0 Å². The Kier molecular flexibility index (Phi) is 4.57. The minimum atomic E-state index is 0.220. The summed E-state index contributed by atoms with van der Waals surface area (Å²) >= 11 is 0. The number of methoxy groups -OCH3 is 1. The van der Waals surface area contributed by atoms with Crippen molar-refractivity contribution in [2.45, 2.75) is 25.3 Å². The average Bonchev–Trinajstić information content (AvgIpc) is 3.13. The predicted molar refractivity (Wildman–Crippen MR) is 83.5 cm³/mol. The SMILES string of the molecule is COCCC(=O)N1C[C@H]2CC[C@H](N(C)c3cnccn3)[C@H]2C1. The number of fused-ring (bicyclic) bond motifs is 1. The van der Waals surface area contributed by atoms with E-state index in [0.717, 1.165) is 18.9 Å². The Bertz CT molecular complexity index is 510. The van der Waals surface area contributed by atoms with Crippen molar-refractivity contribution in [1.82, 2.24) is 14.9 Å². The summed E-state index contributed by atoms with van der Waals surface area (Å²) < 4.78 is 5.01. The molecule has 1 aliphatic heterocycles. The lowest BCUT2D eigenvalue weighted by atomic mass is 9.97. The van der Waals surface area contributed by atoms with Crippen LogP contribution in [-0.4, -0.2) is 60.7 Å². The van der Waals surface area contributed by atoms with Crippen LogP contribution in [0.2, 0.25) is 0 Å². The molecule has 0 radical (unpaired) electrons. The van der Waals surface area contributed by atoms with Crippen molar-refractivity contribution < 1.29 is 9.53 Å². The Balaban J connectivity index is 1.64. The van der Waals surface area contributed by atoms with Crippen molar-refractivity contribution in [2.75, 3.05) is 38.8 Å². The van der Waals surface area contributed by atoms with Crippen LogP contribution in [0, 0.1) is 11.8 Å². The maximum atomic E-state index is 12.2. The molecule has 1 aliphatic carbocycles. The number of ether oxygens (including phenoxy) is 1. The number of carbonyl (C=O) groups is 1. The van der Waals surface area contributed by atoms with E-state index < -0.39 is 0 Å². The Morgan fingerprint density at radius 2 is 2.27 bits per heavy atom. The van der Waals surface area contributed by atoms with Gasteiger partial charge in [0.1, 0.15) is 5.82 Å². The van der Waals surface area contributed by atoms with Crippen LogP contribution < -0.4 is 4.90 Å². The number of hydrogen-bond donors (Lipinski definition) is 0. The first-order valence-corrected chi connectivity index (χ1v) is 7.96. The van der Waals surface area contributed by atoms with Crippen molar-refractivity contribution in [3.63, 3.8) is 0 Å².